The molecule has 1 saturated heterocycles. The second-order valence-electron chi connectivity index (χ2n) is 8.38. The highest BCUT2D eigenvalue weighted by Crippen LogP contribution is 2.38. The molecule has 1 amide bonds. The van der Waals surface area contributed by atoms with Gasteiger partial charge in [-0.25, -0.2) is 4.79 Å². The van der Waals surface area contributed by atoms with Crippen molar-refractivity contribution in [1.29, 1.82) is 0 Å². The van der Waals surface area contributed by atoms with Crippen molar-refractivity contribution in [3.63, 3.8) is 0 Å². The van der Waals surface area contributed by atoms with Crippen molar-refractivity contribution in [2.24, 2.45) is 0 Å². The van der Waals surface area contributed by atoms with Gasteiger partial charge in [-0.2, -0.15) is 0 Å². The second kappa shape index (κ2) is 6.74. The monoisotopic (exact) mass is 342 g/mol. The Morgan fingerprint density at radius 2 is 2.00 bits per heavy atom. The Morgan fingerprint density at radius 1 is 1.24 bits per heavy atom. The highest BCUT2D eigenvalue weighted by molar-refractivity contribution is 5.75. The first-order valence-electron chi connectivity index (χ1n) is 9.24. The van der Waals surface area contributed by atoms with Crippen LogP contribution in [0.4, 0.5) is 10.5 Å². The third-order valence-corrected chi connectivity index (χ3v) is 4.97. The van der Waals surface area contributed by atoms with Gasteiger partial charge in [0.25, 0.3) is 0 Å². The van der Waals surface area contributed by atoms with Crippen LogP contribution in [-0.2, 0) is 4.74 Å². The Balaban J connectivity index is 1.86. The van der Waals surface area contributed by atoms with Crippen molar-refractivity contribution >= 4 is 17.4 Å². The molecular formula is C21H30N2O2. The van der Waals surface area contributed by atoms with Crippen molar-refractivity contribution in [3.8, 4) is 0 Å². The molecule has 0 aliphatic carbocycles. The van der Waals surface area contributed by atoms with E-state index in [1.54, 1.807) is 0 Å². The molecule has 3 rings (SSSR count). The fourth-order valence-corrected chi connectivity index (χ4v) is 3.83. The quantitative estimate of drug-likeness (QED) is 0.781. The average Bonchev–Trinajstić information content (AvgIpc) is 2.52. The maximum absolute atomic E-state index is 12.7. The minimum Gasteiger partial charge on any atom is -0.444 e. The molecule has 2 atom stereocenters. The lowest BCUT2D eigenvalue weighted by atomic mass is 9.83. The maximum Gasteiger partial charge on any atom is 0.411 e. The molecular weight excluding hydrogens is 312 g/mol. The minimum absolute atomic E-state index is 0.153. The average molecular weight is 342 g/mol. The SMILES string of the molecule is CN(C)c1cccc(C2=CC3CCCC(C2)N3C(=O)OC(C)(C)C)c1. The van der Waals surface area contributed by atoms with Crippen LogP contribution < -0.4 is 4.90 Å². The van der Waals surface area contributed by atoms with E-state index in [4.69, 9.17) is 4.74 Å². The number of benzene rings is 1. The molecule has 4 nitrogen and oxygen atoms in total. The number of amides is 1. The van der Waals surface area contributed by atoms with Gasteiger partial charge in [-0.05, 0) is 69.7 Å². The predicted molar refractivity (Wildman–Crippen MR) is 103 cm³/mol. The van der Waals surface area contributed by atoms with Crippen LogP contribution in [0.2, 0.25) is 0 Å². The fraction of sp³-hybridized carbons (Fsp3) is 0.571. The standard InChI is InChI=1S/C21H30N2O2/c1-21(2,3)25-20(24)23-18-10-7-11-19(23)14-16(13-18)15-8-6-9-17(12-15)22(4)5/h6,8-9,12-13,18-19H,7,10-11,14H2,1-5H3. The molecule has 0 radical (unpaired) electrons. The summed E-state index contributed by atoms with van der Waals surface area (Å²) in [5.41, 5.74) is 3.39. The van der Waals surface area contributed by atoms with Crippen LogP contribution in [0.1, 0.15) is 52.0 Å². The van der Waals surface area contributed by atoms with E-state index in [0.717, 1.165) is 19.3 Å². The number of nitrogens with zero attached hydrogens (tertiary/aromatic N) is 2. The van der Waals surface area contributed by atoms with Gasteiger partial charge in [-0.15, -0.1) is 0 Å². The molecule has 0 N–H and O–H groups in total. The first-order valence-corrected chi connectivity index (χ1v) is 9.24. The molecule has 0 aromatic heterocycles. The summed E-state index contributed by atoms with van der Waals surface area (Å²) >= 11 is 0. The zero-order valence-electron chi connectivity index (χ0n) is 16.1. The van der Waals surface area contributed by atoms with Gasteiger partial charge in [-0.1, -0.05) is 18.2 Å². The van der Waals surface area contributed by atoms with Crippen LogP contribution in [0, 0.1) is 0 Å². The number of hydrogen-bond donors (Lipinski definition) is 0. The summed E-state index contributed by atoms with van der Waals surface area (Å²) in [4.78, 5) is 16.8. The smallest absolute Gasteiger partial charge is 0.411 e. The highest BCUT2D eigenvalue weighted by Gasteiger charge is 2.39. The molecule has 25 heavy (non-hydrogen) atoms. The predicted octanol–water partition coefficient (Wildman–Crippen LogP) is 4.70. The van der Waals surface area contributed by atoms with E-state index in [1.165, 1.54) is 23.2 Å². The number of anilines is 1. The van der Waals surface area contributed by atoms with E-state index in [0.29, 0.717) is 0 Å². The summed E-state index contributed by atoms with van der Waals surface area (Å²) in [5.74, 6) is 0. The molecule has 2 unspecified atom stereocenters. The van der Waals surface area contributed by atoms with Crippen molar-refractivity contribution < 1.29 is 9.53 Å². The molecule has 1 fully saturated rings. The van der Waals surface area contributed by atoms with Crippen LogP contribution in [0.3, 0.4) is 0 Å². The van der Waals surface area contributed by atoms with Crippen molar-refractivity contribution in [1.82, 2.24) is 4.90 Å². The number of rotatable bonds is 2. The van der Waals surface area contributed by atoms with Gasteiger partial charge in [0.15, 0.2) is 0 Å². The summed E-state index contributed by atoms with van der Waals surface area (Å²) in [7, 11) is 4.13. The van der Waals surface area contributed by atoms with Gasteiger partial charge in [-0.3, -0.25) is 4.90 Å². The highest BCUT2D eigenvalue weighted by atomic mass is 16.6. The summed E-state index contributed by atoms with van der Waals surface area (Å²) in [6, 6.07) is 9.06. The topological polar surface area (TPSA) is 32.8 Å². The first-order chi connectivity index (χ1) is 11.7. The molecule has 2 aliphatic heterocycles. The fourth-order valence-electron chi connectivity index (χ4n) is 3.83. The van der Waals surface area contributed by atoms with Crippen LogP contribution in [0.5, 0.6) is 0 Å². The molecule has 0 saturated carbocycles. The molecule has 2 heterocycles. The Labute approximate surface area is 151 Å². The Morgan fingerprint density at radius 3 is 2.64 bits per heavy atom. The molecule has 1 aromatic rings. The number of hydrogen-bond acceptors (Lipinski definition) is 3. The van der Waals surface area contributed by atoms with Crippen LogP contribution >= 0.6 is 0 Å². The lowest BCUT2D eigenvalue weighted by molar-refractivity contribution is 0.0000857. The van der Waals surface area contributed by atoms with Crippen LogP contribution in [0.15, 0.2) is 30.3 Å². The van der Waals surface area contributed by atoms with E-state index in [-0.39, 0.29) is 18.2 Å². The number of carbonyl (C=O) groups is 1. The van der Waals surface area contributed by atoms with Gasteiger partial charge in [0.2, 0.25) is 0 Å². The Kier molecular flexibility index (Phi) is 4.81. The summed E-state index contributed by atoms with van der Waals surface area (Å²) in [6.45, 7) is 5.79. The van der Waals surface area contributed by atoms with Crippen LogP contribution in [-0.4, -0.2) is 42.8 Å². The van der Waals surface area contributed by atoms with Gasteiger partial charge in [0.05, 0.1) is 6.04 Å². The number of carbonyl (C=O) groups excluding carboxylic acids is 1. The molecule has 0 spiro atoms. The maximum atomic E-state index is 12.7. The summed E-state index contributed by atoms with van der Waals surface area (Å²) < 4.78 is 5.66. The molecule has 1 aromatic carbocycles. The number of ether oxygens (including phenoxy) is 1. The van der Waals surface area contributed by atoms with Crippen molar-refractivity contribution in [2.75, 3.05) is 19.0 Å². The van der Waals surface area contributed by atoms with Gasteiger partial charge in [0.1, 0.15) is 5.60 Å². The number of piperidine rings is 1. The van der Waals surface area contributed by atoms with E-state index >= 15 is 0 Å². The zero-order valence-corrected chi connectivity index (χ0v) is 16.1. The van der Waals surface area contributed by atoms with Crippen molar-refractivity contribution in [3.05, 3.63) is 35.9 Å². The molecule has 4 heteroatoms. The van der Waals surface area contributed by atoms with Gasteiger partial charge in [0, 0.05) is 25.8 Å². The molecule has 2 bridgehead atoms. The first kappa shape index (κ1) is 17.8. The lowest BCUT2D eigenvalue weighted by Crippen LogP contribution is -2.53. The Bertz CT molecular complexity index is 673. The van der Waals surface area contributed by atoms with E-state index in [2.05, 4.69) is 49.3 Å². The zero-order chi connectivity index (χ0) is 18.2. The minimum atomic E-state index is -0.449. The molecule has 2 aliphatic rings. The van der Waals surface area contributed by atoms with Crippen LogP contribution in [0.25, 0.3) is 5.57 Å². The molecule has 136 valence electrons. The lowest BCUT2D eigenvalue weighted by Gasteiger charge is -2.45. The normalized spacial score (nSPS) is 23.1. The van der Waals surface area contributed by atoms with E-state index in [1.807, 2.05) is 25.7 Å². The third-order valence-electron chi connectivity index (χ3n) is 4.97. The summed E-state index contributed by atoms with van der Waals surface area (Å²) in [6.07, 6.45) is 6.28. The van der Waals surface area contributed by atoms with Crippen molar-refractivity contribution in [2.45, 2.75) is 64.1 Å². The van der Waals surface area contributed by atoms with E-state index in [9.17, 15) is 4.79 Å². The van der Waals surface area contributed by atoms with E-state index < -0.39 is 5.60 Å². The Hall–Kier alpha value is -1.97. The summed E-state index contributed by atoms with van der Waals surface area (Å²) in [5, 5.41) is 0. The second-order valence-corrected chi connectivity index (χ2v) is 8.38. The largest absolute Gasteiger partial charge is 0.444 e. The third kappa shape index (κ3) is 4.00. The number of fused-ring (bicyclic) bond motifs is 2. The van der Waals surface area contributed by atoms with Gasteiger partial charge < -0.3 is 9.64 Å². The van der Waals surface area contributed by atoms with Gasteiger partial charge >= 0.3 is 6.09 Å².